The summed E-state index contributed by atoms with van der Waals surface area (Å²) in [5.41, 5.74) is 6.78. The van der Waals surface area contributed by atoms with Crippen LogP contribution >= 0.6 is 0 Å². The van der Waals surface area contributed by atoms with Gasteiger partial charge in [-0.1, -0.05) is 19.3 Å². The van der Waals surface area contributed by atoms with Gasteiger partial charge in [0.1, 0.15) is 6.29 Å². The van der Waals surface area contributed by atoms with Crippen molar-refractivity contribution in [3.63, 3.8) is 0 Å². The number of rotatable bonds is 1. The Morgan fingerprint density at radius 3 is 2.46 bits per heavy atom. The van der Waals surface area contributed by atoms with Crippen LogP contribution in [0.4, 0.5) is 0 Å². The molecule has 0 amide bonds. The second-order valence-electron chi connectivity index (χ2n) is 4.39. The van der Waals surface area contributed by atoms with E-state index in [1.807, 2.05) is 0 Å². The fourth-order valence-electron chi connectivity index (χ4n) is 2.52. The van der Waals surface area contributed by atoms with E-state index in [9.17, 15) is 4.79 Å². The molecule has 1 saturated carbocycles. The summed E-state index contributed by atoms with van der Waals surface area (Å²) in [6, 6.07) is 0.0348. The topological polar surface area (TPSA) is 41.1 Å². The molecule has 0 aromatic rings. The lowest BCUT2D eigenvalue weighted by Crippen LogP contribution is -2.61. The van der Waals surface area contributed by atoms with Crippen LogP contribution in [0.15, 0.2) is 0 Å². The van der Waals surface area contributed by atoms with Crippen LogP contribution in [0.2, 0.25) is 0 Å². The minimum atomic E-state index is 0.0348. The van der Waals surface area contributed by atoms with Crippen molar-refractivity contribution >= 4 is 6.29 Å². The number of hydrogen-bond donors (Lipinski definition) is 2. The molecule has 1 aliphatic carbocycles. The molecule has 1 saturated heterocycles. The van der Waals surface area contributed by atoms with Gasteiger partial charge in [0.15, 0.2) is 0 Å². The van der Waals surface area contributed by atoms with Gasteiger partial charge in [-0.15, -0.1) is 0 Å². The van der Waals surface area contributed by atoms with Crippen molar-refractivity contribution in [3.8, 4) is 0 Å². The molecule has 1 heterocycles. The molecule has 3 nitrogen and oxygen atoms in total. The quantitative estimate of drug-likeness (QED) is 0.598. The van der Waals surface area contributed by atoms with Gasteiger partial charge < -0.3 is 4.79 Å². The van der Waals surface area contributed by atoms with Crippen molar-refractivity contribution in [2.75, 3.05) is 0 Å². The maximum atomic E-state index is 10.5. The van der Waals surface area contributed by atoms with Gasteiger partial charge in [-0.05, 0) is 25.7 Å². The first-order chi connectivity index (χ1) is 6.35. The van der Waals surface area contributed by atoms with Gasteiger partial charge in [0.2, 0.25) is 0 Å². The molecule has 0 radical (unpaired) electrons. The molecule has 74 valence electrons. The van der Waals surface area contributed by atoms with Crippen molar-refractivity contribution in [2.45, 2.75) is 56.5 Å². The normalized spacial score (nSPS) is 33.1. The zero-order valence-electron chi connectivity index (χ0n) is 8.01. The van der Waals surface area contributed by atoms with E-state index in [0.717, 1.165) is 19.1 Å². The lowest BCUT2D eigenvalue weighted by atomic mass is 9.77. The van der Waals surface area contributed by atoms with Gasteiger partial charge >= 0.3 is 0 Å². The molecule has 2 aliphatic rings. The smallest absolute Gasteiger partial charge is 0.138 e. The molecular formula is C10H18N2O. The predicted octanol–water partition coefficient (Wildman–Crippen LogP) is 1.14. The molecule has 1 aliphatic heterocycles. The van der Waals surface area contributed by atoms with Gasteiger partial charge in [-0.25, -0.2) is 5.43 Å². The number of nitrogens with one attached hydrogen (secondary N) is 2. The summed E-state index contributed by atoms with van der Waals surface area (Å²) >= 11 is 0. The number of hydrazine groups is 1. The number of carbonyl (C=O) groups excluding carboxylic acids is 1. The molecule has 2 N–H and O–H groups in total. The first kappa shape index (κ1) is 9.16. The van der Waals surface area contributed by atoms with E-state index in [1.165, 1.54) is 32.1 Å². The van der Waals surface area contributed by atoms with E-state index in [4.69, 9.17) is 0 Å². The van der Waals surface area contributed by atoms with E-state index in [1.54, 1.807) is 0 Å². The molecule has 1 unspecified atom stereocenters. The van der Waals surface area contributed by atoms with E-state index >= 15 is 0 Å². The molecule has 0 aromatic carbocycles. The Morgan fingerprint density at radius 2 is 1.92 bits per heavy atom. The van der Waals surface area contributed by atoms with E-state index in [-0.39, 0.29) is 6.04 Å². The van der Waals surface area contributed by atoms with E-state index < -0.39 is 0 Å². The maximum Gasteiger partial charge on any atom is 0.138 e. The minimum Gasteiger partial charge on any atom is -0.302 e. The van der Waals surface area contributed by atoms with Crippen LogP contribution in [0.1, 0.15) is 44.9 Å². The van der Waals surface area contributed by atoms with Crippen LogP contribution in [0, 0.1) is 0 Å². The molecule has 0 bridgehead atoms. The number of aldehydes is 1. The third-order valence-corrected chi connectivity index (χ3v) is 3.43. The van der Waals surface area contributed by atoms with Crippen molar-refractivity contribution < 1.29 is 4.79 Å². The second kappa shape index (κ2) is 3.76. The maximum absolute atomic E-state index is 10.5. The summed E-state index contributed by atoms with van der Waals surface area (Å²) in [5.74, 6) is 0. The summed E-state index contributed by atoms with van der Waals surface area (Å²) in [7, 11) is 0. The van der Waals surface area contributed by atoms with Crippen molar-refractivity contribution in [2.24, 2.45) is 0 Å². The van der Waals surface area contributed by atoms with Crippen LogP contribution in [-0.4, -0.2) is 17.9 Å². The zero-order valence-corrected chi connectivity index (χ0v) is 8.01. The minimum absolute atomic E-state index is 0.0348. The molecule has 1 spiro atoms. The van der Waals surface area contributed by atoms with Crippen LogP contribution in [0.3, 0.4) is 0 Å². The Bertz CT molecular complexity index is 177. The third-order valence-electron chi connectivity index (χ3n) is 3.43. The van der Waals surface area contributed by atoms with Crippen LogP contribution in [0.25, 0.3) is 0 Å². The monoisotopic (exact) mass is 182 g/mol. The highest BCUT2D eigenvalue weighted by atomic mass is 16.1. The molecule has 3 heteroatoms. The lowest BCUT2D eigenvalue weighted by Gasteiger charge is -2.43. The third kappa shape index (κ3) is 1.92. The summed E-state index contributed by atoms with van der Waals surface area (Å²) in [6.07, 6.45) is 9.74. The van der Waals surface area contributed by atoms with Crippen LogP contribution in [0.5, 0.6) is 0 Å². The molecule has 0 aromatic heterocycles. The average molecular weight is 182 g/mol. The lowest BCUT2D eigenvalue weighted by molar-refractivity contribution is -0.111. The first-order valence-electron chi connectivity index (χ1n) is 5.33. The Labute approximate surface area is 79.2 Å². The molecule has 2 fully saturated rings. The van der Waals surface area contributed by atoms with Gasteiger partial charge in [0, 0.05) is 5.54 Å². The fourth-order valence-corrected chi connectivity index (χ4v) is 2.52. The van der Waals surface area contributed by atoms with E-state index in [0.29, 0.717) is 5.54 Å². The predicted molar refractivity (Wildman–Crippen MR) is 51.2 cm³/mol. The molecule has 13 heavy (non-hydrogen) atoms. The zero-order chi connectivity index (χ0) is 9.15. The Kier molecular flexibility index (Phi) is 2.65. The first-order valence-corrected chi connectivity index (χ1v) is 5.33. The van der Waals surface area contributed by atoms with Crippen molar-refractivity contribution in [1.29, 1.82) is 0 Å². The largest absolute Gasteiger partial charge is 0.302 e. The number of carbonyl (C=O) groups is 1. The summed E-state index contributed by atoms with van der Waals surface area (Å²) < 4.78 is 0. The number of hydrogen-bond acceptors (Lipinski definition) is 3. The highest BCUT2D eigenvalue weighted by Gasteiger charge is 2.35. The van der Waals surface area contributed by atoms with Crippen molar-refractivity contribution in [1.82, 2.24) is 10.9 Å². The molecule has 1 atom stereocenters. The van der Waals surface area contributed by atoms with Gasteiger partial charge in [-0.3, -0.25) is 5.43 Å². The van der Waals surface area contributed by atoms with Gasteiger partial charge in [0.25, 0.3) is 0 Å². The van der Waals surface area contributed by atoms with Gasteiger partial charge in [-0.2, -0.15) is 0 Å². The highest BCUT2D eigenvalue weighted by molar-refractivity contribution is 5.57. The van der Waals surface area contributed by atoms with Crippen LogP contribution < -0.4 is 10.9 Å². The SMILES string of the molecule is O=CC1CCC2(CCCCC2)NN1. The highest BCUT2D eigenvalue weighted by Crippen LogP contribution is 2.33. The second-order valence-corrected chi connectivity index (χ2v) is 4.39. The molecular weight excluding hydrogens is 164 g/mol. The Hall–Kier alpha value is -0.410. The summed E-state index contributed by atoms with van der Waals surface area (Å²) in [5, 5.41) is 0. The summed E-state index contributed by atoms with van der Waals surface area (Å²) in [4.78, 5) is 10.5. The van der Waals surface area contributed by atoms with Crippen molar-refractivity contribution in [3.05, 3.63) is 0 Å². The Morgan fingerprint density at radius 1 is 1.15 bits per heavy atom. The van der Waals surface area contributed by atoms with Crippen LogP contribution in [-0.2, 0) is 4.79 Å². The van der Waals surface area contributed by atoms with Gasteiger partial charge in [0.05, 0.1) is 6.04 Å². The van der Waals surface area contributed by atoms with E-state index in [2.05, 4.69) is 10.9 Å². The summed E-state index contributed by atoms with van der Waals surface area (Å²) in [6.45, 7) is 0. The Balaban J connectivity index is 1.91. The average Bonchev–Trinajstić information content (AvgIpc) is 2.20. The standard InChI is InChI=1S/C10H18N2O/c13-8-9-4-7-10(12-11-9)5-2-1-3-6-10/h8-9,11-12H,1-7H2. The fraction of sp³-hybridized carbons (Fsp3) is 0.900. The molecule has 2 rings (SSSR count).